The number of rotatable bonds is 1. The minimum Gasteiger partial charge on any atom is -0.369 e. The minimum atomic E-state index is 0.495. The number of hydrogen-bond donors (Lipinski definition) is 0. The zero-order valence-corrected chi connectivity index (χ0v) is 9.63. The lowest BCUT2D eigenvalue weighted by Crippen LogP contribution is -2.53. The molecule has 1 aliphatic heterocycles. The summed E-state index contributed by atoms with van der Waals surface area (Å²) in [6, 6.07) is 8.41. The molecule has 70 valence electrons. The van der Waals surface area contributed by atoms with E-state index in [1.807, 2.05) is 0 Å². The number of benzene rings is 1. The smallest absolute Gasteiger partial charge is 0.0511 e. The first-order valence-electron chi connectivity index (χ1n) is 4.58. The highest BCUT2D eigenvalue weighted by Gasteiger charge is 2.34. The van der Waals surface area contributed by atoms with E-state index in [-0.39, 0.29) is 0 Å². The van der Waals surface area contributed by atoms with Gasteiger partial charge < -0.3 is 4.90 Å². The molecule has 2 heteroatoms. The van der Waals surface area contributed by atoms with Gasteiger partial charge in [-0.2, -0.15) is 0 Å². The van der Waals surface area contributed by atoms with Gasteiger partial charge in [-0.15, -0.1) is 0 Å². The molecule has 1 saturated heterocycles. The summed E-state index contributed by atoms with van der Waals surface area (Å²) in [5.41, 5.74) is 1.82. The van der Waals surface area contributed by atoms with Gasteiger partial charge in [0.1, 0.15) is 0 Å². The van der Waals surface area contributed by atoms with Crippen molar-refractivity contribution in [2.24, 2.45) is 5.41 Å². The summed E-state index contributed by atoms with van der Waals surface area (Å²) in [5, 5.41) is 0. The molecule has 2 rings (SSSR count). The highest BCUT2D eigenvalue weighted by Crippen LogP contribution is 2.36. The van der Waals surface area contributed by atoms with E-state index in [1.165, 1.54) is 10.2 Å². The van der Waals surface area contributed by atoms with Gasteiger partial charge in [0.25, 0.3) is 0 Å². The molecule has 0 radical (unpaired) electrons. The van der Waals surface area contributed by atoms with Crippen LogP contribution in [-0.2, 0) is 0 Å². The third-order valence-corrected chi connectivity index (χ3v) is 3.10. The molecular weight excluding hydrogens is 226 g/mol. The fourth-order valence-electron chi connectivity index (χ4n) is 1.87. The Balaban J connectivity index is 2.16. The summed E-state index contributed by atoms with van der Waals surface area (Å²) in [6.07, 6.45) is 0. The monoisotopic (exact) mass is 239 g/mol. The van der Waals surface area contributed by atoms with Crippen molar-refractivity contribution in [1.29, 1.82) is 0 Å². The molecule has 0 N–H and O–H groups in total. The lowest BCUT2D eigenvalue weighted by atomic mass is 9.84. The zero-order valence-electron chi connectivity index (χ0n) is 8.05. The Morgan fingerprint density at radius 3 is 2.38 bits per heavy atom. The summed E-state index contributed by atoms with van der Waals surface area (Å²) < 4.78 is 1.20. The van der Waals surface area contributed by atoms with Crippen LogP contribution in [0.2, 0.25) is 0 Å². The SMILES string of the molecule is CC1(C)CN(c2ccccc2Br)C1. The first-order chi connectivity index (χ1) is 6.08. The Bertz CT molecular complexity index is 312. The van der Waals surface area contributed by atoms with E-state index in [2.05, 4.69) is 58.9 Å². The molecule has 0 amide bonds. The van der Waals surface area contributed by atoms with Crippen LogP contribution >= 0.6 is 15.9 Å². The van der Waals surface area contributed by atoms with E-state index in [0.717, 1.165) is 13.1 Å². The van der Waals surface area contributed by atoms with Gasteiger partial charge in [-0.3, -0.25) is 0 Å². The highest BCUT2D eigenvalue weighted by molar-refractivity contribution is 9.10. The summed E-state index contributed by atoms with van der Waals surface area (Å²) in [5.74, 6) is 0. The summed E-state index contributed by atoms with van der Waals surface area (Å²) >= 11 is 3.57. The van der Waals surface area contributed by atoms with Crippen molar-refractivity contribution in [3.8, 4) is 0 Å². The number of nitrogens with zero attached hydrogens (tertiary/aromatic N) is 1. The Kier molecular flexibility index (Phi) is 2.11. The largest absolute Gasteiger partial charge is 0.369 e. The maximum atomic E-state index is 3.57. The van der Waals surface area contributed by atoms with Crippen LogP contribution in [0.4, 0.5) is 5.69 Å². The second-order valence-corrected chi connectivity index (χ2v) is 5.33. The van der Waals surface area contributed by atoms with Gasteiger partial charge in [-0.1, -0.05) is 26.0 Å². The standard InChI is InChI=1S/C11H14BrN/c1-11(2)7-13(8-11)10-6-4-3-5-9(10)12/h3-6H,7-8H2,1-2H3. The molecule has 1 aromatic rings. The molecule has 13 heavy (non-hydrogen) atoms. The van der Waals surface area contributed by atoms with Crippen LogP contribution in [0.25, 0.3) is 0 Å². The first kappa shape index (κ1) is 9.07. The summed E-state index contributed by atoms with van der Waals surface area (Å²) in [7, 11) is 0. The van der Waals surface area contributed by atoms with E-state index in [4.69, 9.17) is 0 Å². The van der Waals surface area contributed by atoms with E-state index in [9.17, 15) is 0 Å². The van der Waals surface area contributed by atoms with Gasteiger partial charge >= 0.3 is 0 Å². The predicted molar refractivity (Wildman–Crippen MR) is 60.1 cm³/mol. The first-order valence-corrected chi connectivity index (χ1v) is 5.37. The number of halogens is 1. The quantitative estimate of drug-likeness (QED) is 0.728. The maximum Gasteiger partial charge on any atom is 0.0511 e. The molecule has 1 fully saturated rings. The number of hydrogen-bond acceptors (Lipinski definition) is 1. The van der Waals surface area contributed by atoms with Gasteiger partial charge in [-0.25, -0.2) is 0 Å². The molecule has 0 atom stereocenters. The van der Waals surface area contributed by atoms with Crippen molar-refractivity contribution in [1.82, 2.24) is 0 Å². The average Bonchev–Trinajstić information content (AvgIpc) is 2.01. The molecule has 1 aliphatic rings. The fourth-order valence-corrected chi connectivity index (χ4v) is 2.40. The van der Waals surface area contributed by atoms with Crippen molar-refractivity contribution < 1.29 is 0 Å². The Morgan fingerprint density at radius 2 is 1.85 bits per heavy atom. The third-order valence-electron chi connectivity index (χ3n) is 2.43. The van der Waals surface area contributed by atoms with Crippen LogP contribution in [0.1, 0.15) is 13.8 Å². The molecule has 0 aromatic heterocycles. The molecule has 0 spiro atoms. The van der Waals surface area contributed by atoms with E-state index in [0.29, 0.717) is 5.41 Å². The number of anilines is 1. The number of para-hydroxylation sites is 1. The molecule has 0 unspecified atom stereocenters. The Morgan fingerprint density at radius 1 is 1.23 bits per heavy atom. The lowest BCUT2D eigenvalue weighted by Gasteiger charge is -2.47. The Labute approximate surface area is 87.9 Å². The lowest BCUT2D eigenvalue weighted by molar-refractivity contribution is 0.276. The third kappa shape index (κ3) is 1.73. The fraction of sp³-hybridized carbons (Fsp3) is 0.455. The minimum absolute atomic E-state index is 0.495. The predicted octanol–water partition coefficient (Wildman–Crippen LogP) is 3.30. The van der Waals surface area contributed by atoms with Crippen LogP contribution < -0.4 is 4.90 Å². The van der Waals surface area contributed by atoms with Gasteiger partial charge in [0.05, 0.1) is 5.69 Å². The highest BCUT2D eigenvalue weighted by atomic mass is 79.9. The molecule has 1 heterocycles. The van der Waals surface area contributed by atoms with Crippen LogP contribution in [-0.4, -0.2) is 13.1 Å². The molecule has 1 nitrogen and oxygen atoms in total. The Hall–Kier alpha value is -0.500. The van der Waals surface area contributed by atoms with Crippen molar-refractivity contribution in [2.45, 2.75) is 13.8 Å². The van der Waals surface area contributed by atoms with Gasteiger partial charge in [-0.05, 0) is 33.5 Å². The molecule has 1 aromatic carbocycles. The van der Waals surface area contributed by atoms with Gasteiger partial charge in [0.15, 0.2) is 0 Å². The normalized spacial score (nSPS) is 19.8. The van der Waals surface area contributed by atoms with E-state index >= 15 is 0 Å². The van der Waals surface area contributed by atoms with Crippen molar-refractivity contribution in [3.63, 3.8) is 0 Å². The summed E-state index contributed by atoms with van der Waals surface area (Å²) in [4.78, 5) is 2.41. The maximum absolute atomic E-state index is 3.57. The van der Waals surface area contributed by atoms with Crippen LogP contribution in [0.5, 0.6) is 0 Å². The zero-order chi connectivity index (χ0) is 9.47. The van der Waals surface area contributed by atoms with Gasteiger partial charge in [0.2, 0.25) is 0 Å². The second kappa shape index (κ2) is 3.02. The van der Waals surface area contributed by atoms with E-state index in [1.54, 1.807) is 0 Å². The van der Waals surface area contributed by atoms with Crippen molar-refractivity contribution in [2.75, 3.05) is 18.0 Å². The average molecular weight is 240 g/mol. The molecule has 0 bridgehead atoms. The topological polar surface area (TPSA) is 3.24 Å². The van der Waals surface area contributed by atoms with Crippen LogP contribution in [0.3, 0.4) is 0 Å². The summed E-state index contributed by atoms with van der Waals surface area (Å²) in [6.45, 7) is 6.94. The van der Waals surface area contributed by atoms with Crippen molar-refractivity contribution in [3.05, 3.63) is 28.7 Å². The van der Waals surface area contributed by atoms with E-state index < -0.39 is 0 Å². The van der Waals surface area contributed by atoms with Gasteiger partial charge in [0, 0.05) is 17.6 Å². The molecule has 0 saturated carbocycles. The molecular formula is C11H14BrN. The van der Waals surface area contributed by atoms with Crippen molar-refractivity contribution >= 4 is 21.6 Å². The van der Waals surface area contributed by atoms with Crippen LogP contribution in [0, 0.1) is 5.41 Å². The van der Waals surface area contributed by atoms with Crippen LogP contribution in [0.15, 0.2) is 28.7 Å². The molecule has 0 aliphatic carbocycles. The second-order valence-electron chi connectivity index (χ2n) is 4.47.